The molecule has 10 heteroatoms. The fourth-order valence-electron chi connectivity index (χ4n) is 2.17. The van der Waals surface area contributed by atoms with Crippen LogP contribution in [0.25, 0.3) is 0 Å². The molecule has 25 heavy (non-hydrogen) atoms. The molecule has 1 radical (unpaired) electrons. The molecule has 9 nitrogen and oxygen atoms in total. The van der Waals surface area contributed by atoms with Gasteiger partial charge in [-0.25, -0.2) is 10.1 Å². The Morgan fingerprint density at radius 3 is 2.48 bits per heavy atom. The zero-order valence-electron chi connectivity index (χ0n) is 12.6. The van der Waals surface area contributed by atoms with Gasteiger partial charge in [-0.2, -0.15) is 0 Å². The van der Waals surface area contributed by atoms with Crippen LogP contribution in [0.4, 0.5) is 28.7 Å². The van der Waals surface area contributed by atoms with Crippen LogP contribution in [0, 0.1) is 10.1 Å². The Kier molecular flexibility index (Phi) is 4.57. The number of benzene rings is 2. The number of hydrazine groups is 1. The first-order valence-electron chi connectivity index (χ1n) is 7.04. The highest BCUT2D eigenvalue weighted by molar-refractivity contribution is 6.35. The number of hydrogen-bond donors (Lipinski definition) is 1. The van der Waals surface area contributed by atoms with E-state index in [1.807, 2.05) is 0 Å². The largest absolute Gasteiger partial charge is 0.335 e. The maximum atomic E-state index is 11.6. The number of aromatic nitrogens is 3. The number of nitrogens with one attached hydrogen (secondary N) is 2. The first-order chi connectivity index (χ1) is 12.1. The lowest BCUT2D eigenvalue weighted by Gasteiger charge is -2.18. The topological polar surface area (TPSA) is 121 Å². The third kappa shape index (κ3) is 3.40. The quantitative estimate of drug-likeness (QED) is 0.548. The van der Waals surface area contributed by atoms with Crippen molar-refractivity contribution in [3.05, 3.63) is 69.7 Å². The Morgan fingerprint density at radius 2 is 1.76 bits per heavy atom. The first-order valence-corrected chi connectivity index (χ1v) is 7.41. The van der Waals surface area contributed by atoms with Crippen LogP contribution in [0.15, 0.2) is 54.6 Å². The van der Waals surface area contributed by atoms with Gasteiger partial charge in [0.1, 0.15) is 16.4 Å². The molecule has 0 saturated carbocycles. The molecule has 0 aliphatic rings. The molecule has 0 atom stereocenters. The molecule has 2 aromatic carbocycles. The average molecular weight is 357 g/mol. The third-order valence-corrected chi connectivity index (χ3v) is 3.61. The molecule has 3 rings (SSSR count). The molecule has 0 aliphatic carbocycles. The summed E-state index contributed by atoms with van der Waals surface area (Å²) in [5.41, 5.74) is 8.60. The molecule has 0 fully saturated rings. The van der Waals surface area contributed by atoms with Crippen molar-refractivity contribution in [1.82, 2.24) is 21.1 Å². The standard InChI is InChI=1S/C15H11ClN7O2/c16-13-14(17)19-21-20-15(13)18-11-8-4-5-9-12(11)22(23(24)25)10-6-2-1-3-7-10/h1-9,17H,(H,18,19,20). The van der Waals surface area contributed by atoms with Crippen molar-refractivity contribution < 1.29 is 5.03 Å². The van der Waals surface area contributed by atoms with Crippen LogP contribution in [-0.4, -0.2) is 20.4 Å². The Balaban J connectivity index is 2.06. The van der Waals surface area contributed by atoms with Crippen molar-refractivity contribution >= 4 is 40.3 Å². The van der Waals surface area contributed by atoms with Gasteiger partial charge in [0.25, 0.3) is 0 Å². The zero-order valence-corrected chi connectivity index (χ0v) is 13.4. The third-order valence-electron chi connectivity index (χ3n) is 3.25. The maximum Gasteiger partial charge on any atom is 0.191 e. The average Bonchev–Trinajstić information content (AvgIpc) is 2.61. The number of rotatable bonds is 5. The molecule has 0 unspecified atom stereocenters. The normalized spacial score (nSPS) is 10.3. The van der Waals surface area contributed by atoms with Crippen molar-refractivity contribution in [1.29, 1.82) is 0 Å². The van der Waals surface area contributed by atoms with Gasteiger partial charge in [-0.15, -0.1) is 10.2 Å². The molecule has 0 spiro atoms. The molecule has 3 aromatic rings. The predicted molar refractivity (Wildman–Crippen MR) is 92.9 cm³/mol. The van der Waals surface area contributed by atoms with Gasteiger partial charge in [0.15, 0.2) is 16.7 Å². The highest BCUT2D eigenvalue weighted by Gasteiger charge is 2.23. The molecule has 0 amide bonds. The van der Waals surface area contributed by atoms with Crippen molar-refractivity contribution in [2.45, 2.75) is 0 Å². The fourth-order valence-corrected chi connectivity index (χ4v) is 2.30. The van der Waals surface area contributed by atoms with E-state index < -0.39 is 5.03 Å². The van der Waals surface area contributed by atoms with Crippen LogP contribution in [0.5, 0.6) is 0 Å². The second-order valence-corrected chi connectivity index (χ2v) is 5.21. The van der Waals surface area contributed by atoms with E-state index in [4.69, 9.17) is 17.3 Å². The number of halogens is 1. The summed E-state index contributed by atoms with van der Waals surface area (Å²) in [6.45, 7) is 0. The van der Waals surface area contributed by atoms with E-state index in [2.05, 4.69) is 20.7 Å². The summed E-state index contributed by atoms with van der Waals surface area (Å²) in [5, 5.41) is 25.5. The summed E-state index contributed by atoms with van der Waals surface area (Å²) in [4.78, 5) is 11.6. The second kappa shape index (κ2) is 6.97. The lowest BCUT2D eigenvalue weighted by atomic mass is 10.2. The van der Waals surface area contributed by atoms with Gasteiger partial charge >= 0.3 is 0 Å². The number of nitrogens with zero attached hydrogens (tertiary/aromatic N) is 5. The van der Waals surface area contributed by atoms with E-state index >= 15 is 0 Å². The number of hydrogen-bond acceptors (Lipinski definition) is 6. The summed E-state index contributed by atoms with van der Waals surface area (Å²) < 4.78 is 0. The highest BCUT2D eigenvalue weighted by Crippen LogP contribution is 2.35. The number of nitro groups is 1. The van der Waals surface area contributed by atoms with Gasteiger partial charge in [-0.05, 0) is 29.5 Å². The Morgan fingerprint density at radius 1 is 1.08 bits per heavy atom. The van der Waals surface area contributed by atoms with Gasteiger partial charge in [0, 0.05) is 0 Å². The fraction of sp³-hybridized carbons (Fsp3) is 0. The van der Waals surface area contributed by atoms with E-state index in [-0.39, 0.29) is 22.3 Å². The molecule has 2 N–H and O–H groups in total. The number of para-hydroxylation sites is 3. The Hall–Kier alpha value is -3.46. The molecule has 1 aromatic heterocycles. The van der Waals surface area contributed by atoms with E-state index in [1.165, 1.54) is 0 Å². The Bertz CT molecular complexity index is 907. The highest BCUT2D eigenvalue weighted by atomic mass is 35.5. The van der Waals surface area contributed by atoms with Crippen LogP contribution in [0.3, 0.4) is 0 Å². The predicted octanol–water partition coefficient (Wildman–Crippen LogP) is 3.51. The van der Waals surface area contributed by atoms with Crippen molar-refractivity contribution in [2.24, 2.45) is 0 Å². The number of anilines is 4. The first kappa shape index (κ1) is 16.4. The van der Waals surface area contributed by atoms with Gasteiger partial charge in [-0.3, -0.25) is 5.73 Å². The second-order valence-electron chi connectivity index (χ2n) is 4.83. The van der Waals surface area contributed by atoms with Crippen LogP contribution in [0.2, 0.25) is 5.02 Å². The molecule has 125 valence electrons. The van der Waals surface area contributed by atoms with Gasteiger partial charge in [0.05, 0.1) is 5.69 Å². The molecule has 0 bridgehead atoms. The van der Waals surface area contributed by atoms with Gasteiger partial charge in [-0.1, -0.05) is 46.9 Å². The summed E-state index contributed by atoms with van der Waals surface area (Å²) >= 11 is 5.99. The summed E-state index contributed by atoms with van der Waals surface area (Å²) in [7, 11) is 0. The van der Waals surface area contributed by atoms with Crippen molar-refractivity contribution in [3.8, 4) is 0 Å². The smallest absolute Gasteiger partial charge is 0.191 e. The van der Waals surface area contributed by atoms with Crippen molar-refractivity contribution in [3.63, 3.8) is 0 Å². The van der Waals surface area contributed by atoms with Crippen LogP contribution in [0.1, 0.15) is 0 Å². The minimum atomic E-state index is -0.522. The van der Waals surface area contributed by atoms with Crippen LogP contribution in [-0.2, 0) is 0 Å². The summed E-state index contributed by atoms with van der Waals surface area (Å²) in [6.07, 6.45) is 0. The van der Waals surface area contributed by atoms with Crippen LogP contribution < -0.4 is 16.1 Å². The minimum Gasteiger partial charge on any atom is -0.335 e. The van der Waals surface area contributed by atoms with Gasteiger partial charge < -0.3 is 5.32 Å². The van der Waals surface area contributed by atoms with E-state index in [0.717, 1.165) is 5.01 Å². The summed E-state index contributed by atoms with van der Waals surface area (Å²) in [6, 6.07) is 15.0. The Labute approximate surface area is 147 Å². The van der Waals surface area contributed by atoms with Crippen molar-refractivity contribution in [2.75, 3.05) is 10.3 Å². The molecule has 1 heterocycles. The molecular formula is C15H11ClN7O2. The monoisotopic (exact) mass is 356 g/mol. The summed E-state index contributed by atoms with van der Waals surface area (Å²) in [5.74, 6) is -0.156. The maximum absolute atomic E-state index is 11.6. The SMILES string of the molecule is [NH]c1nnnc(Nc2ccccc2N(c2ccccc2)[N+](=O)[O-])c1Cl. The molecular weight excluding hydrogens is 346 g/mol. The zero-order chi connectivity index (χ0) is 17.8. The lowest BCUT2D eigenvalue weighted by molar-refractivity contribution is -0.483. The van der Waals surface area contributed by atoms with E-state index in [0.29, 0.717) is 11.4 Å². The molecule has 0 saturated heterocycles. The van der Waals surface area contributed by atoms with E-state index in [9.17, 15) is 10.1 Å². The lowest BCUT2D eigenvalue weighted by Crippen LogP contribution is -2.25. The van der Waals surface area contributed by atoms with E-state index in [1.54, 1.807) is 54.6 Å². The minimum absolute atomic E-state index is 0.0304. The van der Waals surface area contributed by atoms with Gasteiger partial charge in [0.2, 0.25) is 0 Å². The molecule has 0 aliphatic heterocycles. The van der Waals surface area contributed by atoms with Crippen LogP contribution >= 0.6 is 11.6 Å².